The third-order valence-corrected chi connectivity index (χ3v) is 1.67. The zero-order valence-corrected chi connectivity index (χ0v) is 7.60. The zero-order chi connectivity index (χ0) is 8.81. The first-order valence-electron chi connectivity index (χ1n) is 3.67. The van der Waals surface area contributed by atoms with E-state index in [1.54, 1.807) is 0 Å². The van der Waals surface area contributed by atoms with E-state index in [1.807, 2.05) is 37.3 Å². The Bertz CT molecular complexity index is 325. The van der Waals surface area contributed by atoms with Crippen LogP contribution in [-0.4, -0.2) is 0 Å². The van der Waals surface area contributed by atoms with Gasteiger partial charge in [-0.25, -0.2) is 0 Å². The lowest BCUT2D eigenvalue weighted by atomic mass is 10.2. The van der Waals surface area contributed by atoms with Crippen LogP contribution in [0, 0.1) is 11.8 Å². The van der Waals surface area contributed by atoms with Gasteiger partial charge in [0.05, 0.1) is 0 Å². The first-order chi connectivity index (χ1) is 5.83. The maximum atomic E-state index is 5.45. The molecule has 60 valence electrons. The van der Waals surface area contributed by atoms with E-state index in [0.29, 0.717) is 0 Å². The summed E-state index contributed by atoms with van der Waals surface area (Å²) in [5, 5.41) is 0. The van der Waals surface area contributed by atoms with E-state index in [9.17, 15) is 0 Å². The molecule has 0 unspecified atom stereocenters. The summed E-state index contributed by atoms with van der Waals surface area (Å²) >= 11 is 5.45. The highest BCUT2D eigenvalue weighted by Gasteiger charge is 1.81. The molecule has 0 heterocycles. The van der Waals surface area contributed by atoms with Crippen LogP contribution >= 0.6 is 11.6 Å². The average Bonchev–Trinajstić information content (AvgIpc) is 2.16. The van der Waals surface area contributed by atoms with Gasteiger partial charge >= 0.3 is 0 Å². The Kier molecular flexibility index (Phi) is 3.44. The maximum absolute atomic E-state index is 5.45. The molecule has 1 rings (SSSR count). The highest BCUT2D eigenvalue weighted by atomic mass is 35.5. The predicted molar refractivity (Wildman–Crippen MR) is 52.9 cm³/mol. The third-order valence-electron chi connectivity index (χ3n) is 1.34. The first-order valence-corrected chi connectivity index (χ1v) is 4.10. The molecule has 0 fully saturated rings. The summed E-state index contributed by atoms with van der Waals surface area (Å²) in [7, 11) is 0. The summed E-state index contributed by atoms with van der Waals surface area (Å²) < 4.78 is 0. The monoisotopic (exact) mass is 176 g/mol. The molecule has 1 aromatic carbocycles. The zero-order valence-electron chi connectivity index (χ0n) is 6.84. The Labute approximate surface area is 77.9 Å². The van der Waals surface area contributed by atoms with E-state index in [0.717, 1.165) is 11.1 Å². The van der Waals surface area contributed by atoms with E-state index in [1.165, 1.54) is 5.54 Å². The minimum atomic E-state index is 0.875. The van der Waals surface area contributed by atoms with E-state index in [4.69, 9.17) is 11.6 Å². The summed E-state index contributed by atoms with van der Waals surface area (Å²) in [6.07, 6.45) is 0. The molecule has 12 heavy (non-hydrogen) atoms. The van der Waals surface area contributed by atoms with Crippen molar-refractivity contribution in [2.75, 3.05) is 0 Å². The average molecular weight is 177 g/mol. The van der Waals surface area contributed by atoms with Gasteiger partial charge in [-0.15, -0.1) is 0 Å². The summed E-state index contributed by atoms with van der Waals surface area (Å²) in [6.45, 7) is 1.88. The summed E-state index contributed by atoms with van der Waals surface area (Å²) in [5.41, 5.74) is 3.37. The van der Waals surface area contributed by atoms with Gasteiger partial charge in [-0.05, 0) is 19.1 Å². The van der Waals surface area contributed by atoms with Crippen LogP contribution in [0.1, 0.15) is 12.5 Å². The molecule has 0 bridgehead atoms. The van der Waals surface area contributed by atoms with Gasteiger partial charge in [0.15, 0.2) is 0 Å². The van der Waals surface area contributed by atoms with Crippen LogP contribution in [0.5, 0.6) is 0 Å². The molecule has 0 N–H and O–H groups in total. The Balaban J connectivity index is 2.81. The highest BCUT2D eigenvalue weighted by molar-refractivity contribution is 6.25. The van der Waals surface area contributed by atoms with Crippen molar-refractivity contribution in [3.8, 4) is 11.8 Å². The van der Waals surface area contributed by atoms with E-state index >= 15 is 0 Å². The molecular weight excluding hydrogens is 168 g/mol. The predicted octanol–water partition coefficient (Wildman–Crippen LogP) is 3.18. The SMILES string of the molecule is CC(C#Cc1ccccc1)=CCl. The second-order valence-electron chi connectivity index (χ2n) is 2.41. The van der Waals surface area contributed by atoms with Gasteiger partial charge in [-0.3, -0.25) is 0 Å². The van der Waals surface area contributed by atoms with Crippen molar-refractivity contribution in [1.82, 2.24) is 0 Å². The van der Waals surface area contributed by atoms with Crippen LogP contribution in [0.4, 0.5) is 0 Å². The lowest BCUT2D eigenvalue weighted by Crippen LogP contribution is -1.71. The fourth-order valence-electron chi connectivity index (χ4n) is 0.720. The van der Waals surface area contributed by atoms with E-state index in [2.05, 4.69) is 11.8 Å². The molecule has 0 atom stereocenters. The topological polar surface area (TPSA) is 0 Å². The molecule has 0 amide bonds. The van der Waals surface area contributed by atoms with Crippen molar-refractivity contribution in [2.24, 2.45) is 0 Å². The molecule has 0 aliphatic rings. The van der Waals surface area contributed by atoms with Gasteiger partial charge in [-0.2, -0.15) is 0 Å². The normalized spacial score (nSPS) is 10.3. The molecule has 0 nitrogen and oxygen atoms in total. The lowest BCUT2D eigenvalue weighted by Gasteiger charge is -1.86. The number of halogens is 1. The van der Waals surface area contributed by atoms with E-state index in [-0.39, 0.29) is 0 Å². The van der Waals surface area contributed by atoms with Gasteiger partial charge in [0.1, 0.15) is 0 Å². The number of benzene rings is 1. The minimum Gasteiger partial charge on any atom is -0.0920 e. The quantitative estimate of drug-likeness (QED) is 0.533. The van der Waals surface area contributed by atoms with Gasteiger partial charge in [0, 0.05) is 16.7 Å². The van der Waals surface area contributed by atoms with Gasteiger partial charge in [-0.1, -0.05) is 41.6 Å². The number of hydrogen-bond donors (Lipinski definition) is 0. The standard InChI is InChI=1S/C11H9Cl/c1-10(9-12)7-8-11-5-3-2-4-6-11/h2-6,9H,1H3. The smallest absolute Gasteiger partial charge is 0.0248 e. The van der Waals surface area contributed by atoms with Crippen molar-refractivity contribution in [3.05, 3.63) is 47.0 Å². The summed E-state index contributed by atoms with van der Waals surface area (Å²) in [4.78, 5) is 0. The number of allylic oxidation sites excluding steroid dienone is 1. The van der Waals surface area contributed by atoms with Crippen molar-refractivity contribution < 1.29 is 0 Å². The van der Waals surface area contributed by atoms with Crippen molar-refractivity contribution in [3.63, 3.8) is 0 Å². The van der Waals surface area contributed by atoms with Crippen LogP contribution < -0.4 is 0 Å². The molecule has 0 aromatic heterocycles. The molecule has 1 aromatic rings. The third kappa shape index (κ3) is 2.82. The van der Waals surface area contributed by atoms with Gasteiger partial charge in [0.2, 0.25) is 0 Å². The second-order valence-corrected chi connectivity index (χ2v) is 2.63. The summed E-state index contributed by atoms with van der Waals surface area (Å²) in [6, 6.07) is 9.83. The summed E-state index contributed by atoms with van der Waals surface area (Å²) in [5.74, 6) is 5.92. The Morgan fingerprint density at radius 2 is 2.00 bits per heavy atom. The Morgan fingerprint density at radius 3 is 2.58 bits per heavy atom. The number of hydrogen-bond acceptors (Lipinski definition) is 0. The van der Waals surface area contributed by atoms with Crippen LogP contribution in [0.25, 0.3) is 0 Å². The van der Waals surface area contributed by atoms with Crippen LogP contribution in [0.2, 0.25) is 0 Å². The fraction of sp³-hybridized carbons (Fsp3) is 0.0909. The van der Waals surface area contributed by atoms with Crippen molar-refractivity contribution in [2.45, 2.75) is 6.92 Å². The second kappa shape index (κ2) is 4.64. The lowest BCUT2D eigenvalue weighted by molar-refractivity contribution is 1.59. The highest BCUT2D eigenvalue weighted by Crippen LogP contribution is 1.97. The molecule has 0 saturated heterocycles. The molecule has 0 radical (unpaired) electrons. The first kappa shape index (κ1) is 8.90. The largest absolute Gasteiger partial charge is 0.0920 e. The Hall–Kier alpha value is -1.19. The van der Waals surface area contributed by atoms with Crippen molar-refractivity contribution in [1.29, 1.82) is 0 Å². The van der Waals surface area contributed by atoms with Crippen LogP contribution in [0.15, 0.2) is 41.4 Å². The minimum absolute atomic E-state index is 0.875. The maximum Gasteiger partial charge on any atom is 0.0248 e. The molecule has 0 aliphatic heterocycles. The van der Waals surface area contributed by atoms with Crippen LogP contribution in [0.3, 0.4) is 0 Å². The molecule has 1 heteroatoms. The van der Waals surface area contributed by atoms with E-state index < -0.39 is 0 Å². The molecule has 0 spiro atoms. The van der Waals surface area contributed by atoms with Gasteiger partial charge < -0.3 is 0 Å². The van der Waals surface area contributed by atoms with Crippen molar-refractivity contribution >= 4 is 11.6 Å². The number of rotatable bonds is 0. The molecular formula is C11H9Cl. The van der Waals surface area contributed by atoms with Crippen LogP contribution in [-0.2, 0) is 0 Å². The van der Waals surface area contributed by atoms with Gasteiger partial charge in [0.25, 0.3) is 0 Å². The molecule has 0 aliphatic carbocycles. The Morgan fingerprint density at radius 1 is 1.33 bits per heavy atom. The molecule has 0 saturated carbocycles. The fourth-order valence-corrected chi connectivity index (χ4v) is 0.774.